The third-order valence-electron chi connectivity index (χ3n) is 3.92. The fourth-order valence-electron chi connectivity index (χ4n) is 2.64. The molecular formula is C17H21N3O3S. The van der Waals surface area contributed by atoms with Crippen molar-refractivity contribution in [3.05, 3.63) is 53.7 Å². The van der Waals surface area contributed by atoms with Gasteiger partial charge in [-0.1, -0.05) is 30.3 Å². The highest BCUT2D eigenvalue weighted by molar-refractivity contribution is 7.95. The second kappa shape index (κ2) is 7.63. The Morgan fingerprint density at radius 2 is 2.00 bits per heavy atom. The Morgan fingerprint density at radius 1 is 1.25 bits per heavy atom. The number of aromatic nitrogens is 2. The highest BCUT2D eigenvalue weighted by Crippen LogP contribution is 2.18. The van der Waals surface area contributed by atoms with Gasteiger partial charge in [-0.15, -0.1) is 0 Å². The number of sulfonamides is 1. The minimum atomic E-state index is -3.56. The maximum Gasteiger partial charge on any atom is 0.255 e. The van der Waals surface area contributed by atoms with Crippen LogP contribution in [0.15, 0.2) is 48.1 Å². The van der Waals surface area contributed by atoms with Crippen LogP contribution < -0.4 is 4.72 Å². The van der Waals surface area contributed by atoms with Crippen molar-refractivity contribution in [1.82, 2.24) is 9.78 Å². The van der Waals surface area contributed by atoms with Crippen molar-refractivity contribution in [3.63, 3.8) is 0 Å². The van der Waals surface area contributed by atoms with Crippen LogP contribution in [0.25, 0.3) is 6.08 Å². The monoisotopic (exact) mass is 347 g/mol. The lowest BCUT2D eigenvalue weighted by Gasteiger charge is -2.21. The third-order valence-corrected chi connectivity index (χ3v) is 4.93. The highest BCUT2D eigenvalue weighted by atomic mass is 32.2. The molecule has 0 radical (unpaired) electrons. The number of rotatable bonds is 6. The molecule has 1 N–H and O–H groups in total. The number of anilines is 1. The molecule has 1 aliphatic heterocycles. The van der Waals surface area contributed by atoms with Gasteiger partial charge in [-0.05, 0) is 30.4 Å². The summed E-state index contributed by atoms with van der Waals surface area (Å²) < 4.78 is 33.9. The van der Waals surface area contributed by atoms with Crippen LogP contribution in [0, 0.1) is 5.92 Å². The van der Waals surface area contributed by atoms with Crippen LogP contribution in [0.2, 0.25) is 0 Å². The van der Waals surface area contributed by atoms with E-state index in [4.69, 9.17) is 4.74 Å². The zero-order chi connectivity index (χ0) is 16.8. The Morgan fingerprint density at radius 3 is 2.75 bits per heavy atom. The van der Waals surface area contributed by atoms with E-state index in [1.54, 1.807) is 17.0 Å². The van der Waals surface area contributed by atoms with Gasteiger partial charge in [0.15, 0.2) is 0 Å². The molecule has 128 valence electrons. The molecule has 1 fully saturated rings. The SMILES string of the molecule is O=S(=O)(/C=C/c1ccccc1)Nc1cnn(CC2CCOCC2)c1. The molecule has 1 saturated heterocycles. The lowest BCUT2D eigenvalue weighted by Crippen LogP contribution is -2.20. The maximum atomic E-state index is 12.1. The van der Waals surface area contributed by atoms with E-state index in [0.717, 1.165) is 43.6 Å². The summed E-state index contributed by atoms with van der Waals surface area (Å²) in [7, 11) is -3.56. The first-order valence-corrected chi connectivity index (χ1v) is 9.51. The van der Waals surface area contributed by atoms with E-state index in [9.17, 15) is 8.42 Å². The van der Waals surface area contributed by atoms with E-state index in [2.05, 4.69) is 9.82 Å². The van der Waals surface area contributed by atoms with Gasteiger partial charge in [0.1, 0.15) is 0 Å². The van der Waals surface area contributed by atoms with Gasteiger partial charge < -0.3 is 4.74 Å². The molecule has 2 aromatic rings. The Bertz CT molecular complexity index is 778. The Balaban J connectivity index is 1.59. The molecule has 1 aromatic heterocycles. The predicted octanol–water partition coefficient (Wildman–Crippen LogP) is 2.72. The lowest BCUT2D eigenvalue weighted by atomic mass is 10.0. The molecule has 0 bridgehead atoms. The molecule has 6 nitrogen and oxygen atoms in total. The largest absolute Gasteiger partial charge is 0.381 e. The average Bonchev–Trinajstić information content (AvgIpc) is 3.01. The standard InChI is InChI=1S/C17H21N3O3S/c21-24(22,11-8-15-4-2-1-3-5-15)19-17-12-18-20(14-17)13-16-6-9-23-10-7-16/h1-5,8,11-12,14,16,19H,6-7,9-10,13H2/b11-8+. The fourth-order valence-corrected chi connectivity index (χ4v) is 3.48. The molecule has 1 aromatic carbocycles. The summed E-state index contributed by atoms with van der Waals surface area (Å²) in [6.07, 6.45) is 6.85. The molecule has 7 heteroatoms. The van der Waals surface area contributed by atoms with E-state index in [1.165, 1.54) is 6.20 Å². The Hall–Kier alpha value is -2.12. The topological polar surface area (TPSA) is 73.2 Å². The summed E-state index contributed by atoms with van der Waals surface area (Å²) in [5, 5.41) is 5.40. The van der Waals surface area contributed by atoms with Crippen LogP contribution in [0.1, 0.15) is 18.4 Å². The van der Waals surface area contributed by atoms with Crippen LogP contribution in [0.4, 0.5) is 5.69 Å². The Labute approximate surface area is 142 Å². The van der Waals surface area contributed by atoms with Crippen molar-refractivity contribution < 1.29 is 13.2 Å². The summed E-state index contributed by atoms with van der Waals surface area (Å²) in [4.78, 5) is 0. The predicted molar refractivity (Wildman–Crippen MR) is 93.8 cm³/mol. The number of nitrogens with one attached hydrogen (secondary N) is 1. The van der Waals surface area contributed by atoms with Gasteiger partial charge in [0.05, 0.1) is 17.3 Å². The number of nitrogens with zero attached hydrogens (tertiary/aromatic N) is 2. The van der Waals surface area contributed by atoms with Crippen molar-refractivity contribution in [2.75, 3.05) is 17.9 Å². The van der Waals surface area contributed by atoms with E-state index >= 15 is 0 Å². The van der Waals surface area contributed by atoms with Gasteiger partial charge in [-0.2, -0.15) is 5.10 Å². The minimum Gasteiger partial charge on any atom is -0.381 e. The second-order valence-corrected chi connectivity index (χ2v) is 7.43. The number of hydrogen-bond acceptors (Lipinski definition) is 4. The number of ether oxygens (including phenoxy) is 1. The number of benzene rings is 1. The highest BCUT2D eigenvalue weighted by Gasteiger charge is 2.15. The molecule has 3 rings (SSSR count). The van der Waals surface area contributed by atoms with Crippen molar-refractivity contribution in [3.8, 4) is 0 Å². The fraction of sp³-hybridized carbons (Fsp3) is 0.353. The first kappa shape index (κ1) is 16.7. The summed E-state index contributed by atoms with van der Waals surface area (Å²) in [6, 6.07) is 9.30. The minimum absolute atomic E-state index is 0.472. The maximum absolute atomic E-state index is 12.1. The van der Waals surface area contributed by atoms with Gasteiger partial charge in [-0.3, -0.25) is 9.40 Å². The molecule has 0 amide bonds. The molecule has 24 heavy (non-hydrogen) atoms. The molecule has 0 aliphatic carbocycles. The molecule has 0 unspecified atom stereocenters. The second-order valence-electron chi connectivity index (χ2n) is 5.87. The summed E-state index contributed by atoms with van der Waals surface area (Å²) in [5.41, 5.74) is 1.30. The molecule has 0 spiro atoms. The first-order chi connectivity index (χ1) is 11.6. The average molecular weight is 347 g/mol. The molecular weight excluding hydrogens is 326 g/mol. The van der Waals surface area contributed by atoms with Crippen molar-refractivity contribution in [2.45, 2.75) is 19.4 Å². The van der Waals surface area contributed by atoms with Gasteiger partial charge in [0.25, 0.3) is 10.0 Å². The zero-order valence-corrected chi connectivity index (χ0v) is 14.2. The molecule has 0 saturated carbocycles. The first-order valence-electron chi connectivity index (χ1n) is 7.97. The van der Waals surface area contributed by atoms with Crippen LogP contribution in [-0.2, 0) is 21.3 Å². The van der Waals surface area contributed by atoms with Crippen LogP contribution in [0.5, 0.6) is 0 Å². The number of hydrogen-bond donors (Lipinski definition) is 1. The van der Waals surface area contributed by atoms with E-state index < -0.39 is 10.0 Å². The third kappa shape index (κ3) is 4.94. The van der Waals surface area contributed by atoms with Gasteiger partial charge >= 0.3 is 0 Å². The van der Waals surface area contributed by atoms with Crippen molar-refractivity contribution in [2.24, 2.45) is 5.92 Å². The van der Waals surface area contributed by atoms with Crippen LogP contribution >= 0.6 is 0 Å². The van der Waals surface area contributed by atoms with Gasteiger partial charge in [-0.25, -0.2) is 8.42 Å². The molecule has 2 heterocycles. The Kier molecular flexibility index (Phi) is 5.32. The van der Waals surface area contributed by atoms with Crippen LogP contribution in [-0.4, -0.2) is 31.4 Å². The lowest BCUT2D eigenvalue weighted by molar-refractivity contribution is 0.0601. The van der Waals surface area contributed by atoms with E-state index in [-0.39, 0.29) is 0 Å². The quantitative estimate of drug-likeness (QED) is 0.872. The van der Waals surface area contributed by atoms with Crippen molar-refractivity contribution >= 4 is 21.8 Å². The summed E-state index contributed by atoms with van der Waals surface area (Å²) >= 11 is 0. The molecule has 0 atom stereocenters. The zero-order valence-electron chi connectivity index (χ0n) is 13.3. The normalized spacial score (nSPS) is 16.5. The van der Waals surface area contributed by atoms with E-state index in [0.29, 0.717) is 11.6 Å². The van der Waals surface area contributed by atoms with Gasteiger partial charge in [0.2, 0.25) is 0 Å². The van der Waals surface area contributed by atoms with Crippen molar-refractivity contribution in [1.29, 1.82) is 0 Å². The van der Waals surface area contributed by atoms with E-state index in [1.807, 2.05) is 30.3 Å². The molecule has 1 aliphatic rings. The van der Waals surface area contributed by atoms with Gasteiger partial charge in [0, 0.05) is 26.0 Å². The van der Waals surface area contributed by atoms with Crippen LogP contribution in [0.3, 0.4) is 0 Å². The summed E-state index contributed by atoms with van der Waals surface area (Å²) in [6.45, 7) is 2.36. The summed E-state index contributed by atoms with van der Waals surface area (Å²) in [5.74, 6) is 0.529. The smallest absolute Gasteiger partial charge is 0.255 e.